The van der Waals surface area contributed by atoms with Crippen LogP contribution in [0.15, 0.2) is 52.4 Å². The second kappa shape index (κ2) is 6.71. The maximum Gasteiger partial charge on any atom is 0.257 e. The number of benzene rings is 2. The molecule has 2 aromatic carbocycles. The van der Waals surface area contributed by atoms with Crippen molar-refractivity contribution in [2.24, 2.45) is 0 Å². The lowest BCUT2D eigenvalue weighted by atomic mass is 10.1. The molecule has 2 N–H and O–H groups in total. The van der Waals surface area contributed by atoms with E-state index in [1.807, 2.05) is 0 Å². The molecule has 0 saturated heterocycles. The molecule has 3 aromatic rings. The number of anilines is 2. The van der Waals surface area contributed by atoms with Crippen LogP contribution in [0.25, 0.3) is 0 Å². The van der Waals surface area contributed by atoms with E-state index in [1.165, 1.54) is 30.1 Å². The lowest BCUT2D eigenvalue weighted by Gasteiger charge is -2.08. The first kappa shape index (κ1) is 17.0. The molecule has 130 valence electrons. The maximum absolute atomic E-state index is 13.5. The summed E-state index contributed by atoms with van der Waals surface area (Å²) < 4.78 is 13.9. The second-order valence-electron chi connectivity index (χ2n) is 5.33. The summed E-state index contributed by atoms with van der Waals surface area (Å²) in [4.78, 5) is 30.2. The molecule has 0 unspecified atom stereocenters. The van der Waals surface area contributed by atoms with Crippen molar-refractivity contribution < 1.29 is 14.0 Å². The van der Waals surface area contributed by atoms with Crippen LogP contribution >= 0.6 is 34.7 Å². The molecule has 2 amide bonds. The van der Waals surface area contributed by atoms with E-state index in [4.69, 9.17) is 11.6 Å². The van der Waals surface area contributed by atoms with Crippen molar-refractivity contribution in [1.29, 1.82) is 0 Å². The molecule has 0 fully saturated rings. The molecular weight excluding hydrogens is 397 g/mol. The Labute approximate surface area is 160 Å². The Morgan fingerprint density at radius 2 is 2.00 bits per heavy atom. The number of nitrogens with one attached hydrogen (secondary N) is 2. The first-order chi connectivity index (χ1) is 12.5. The fourth-order valence-corrected chi connectivity index (χ4v) is 4.21. The molecule has 1 aliphatic heterocycles. The molecule has 2 heterocycles. The molecule has 9 heteroatoms. The minimum Gasteiger partial charge on any atom is -0.321 e. The molecule has 0 saturated carbocycles. The molecule has 0 atom stereocenters. The average molecular weight is 406 g/mol. The van der Waals surface area contributed by atoms with Crippen LogP contribution in [0.2, 0.25) is 4.34 Å². The van der Waals surface area contributed by atoms with Gasteiger partial charge in [0, 0.05) is 15.4 Å². The zero-order valence-electron chi connectivity index (χ0n) is 12.9. The van der Waals surface area contributed by atoms with Gasteiger partial charge in [-0.3, -0.25) is 14.9 Å². The van der Waals surface area contributed by atoms with Crippen molar-refractivity contribution in [3.8, 4) is 0 Å². The van der Waals surface area contributed by atoms with Crippen LogP contribution in [0, 0.1) is 5.82 Å². The van der Waals surface area contributed by atoms with Crippen molar-refractivity contribution in [2.45, 2.75) is 9.79 Å². The molecule has 4 rings (SSSR count). The normalized spacial score (nSPS) is 12.6. The average Bonchev–Trinajstić information content (AvgIpc) is 2.96. The summed E-state index contributed by atoms with van der Waals surface area (Å²) in [5, 5.41) is 5.77. The van der Waals surface area contributed by atoms with Crippen LogP contribution in [0.4, 0.5) is 15.2 Å². The van der Waals surface area contributed by atoms with Gasteiger partial charge >= 0.3 is 0 Å². The van der Waals surface area contributed by atoms with Crippen molar-refractivity contribution in [2.75, 3.05) is 10.6 Å². The highest BCUT2D eigenvalue weighted by atomic mass is 35.5. The fourth-order valence-electron chi connectivity index (χ4n) is 2.42. The van der Waals surface area contributed by atoms with E-state index in [-0.39, 0.29) is 11.5 Å². The van der Waals surface area contributed by atoms with Crippen molar-refractivity contribution in [3.63, 3.8) is 0 Å². The minimum atomic E-state index is -0.479. The molecule has 0 spiro atoms. The topological polar surface area (TPSA) is 71.1 Å². The number of hydrogen-bond acceptors (Lipinski definition) is 5. The number of aromatic nitrogens is 1. The highest BCUT2D eigenvalue weighted by Gasteiger charge is 2.22. The summed E-state index contributed by atoms with van der Waals surface area (Å²) in [6.07, 6.45) is 1.45. The first-order valence-electron chi connectivity index (χ1n) is 7.35. The zero-order valence-corrected chi connectivity index (χ0v) is 15.3. The number of fused-ring (bicyclic) bond motifs is 2. The molecule has 0 bridgehead atoms. The predicted octanol–water partition coefficient (Wildman–Crippen LogP) is 4.90. The third kappa shape index (κ3) is 3.31. The highest BCUT2D eigenvalue weighted by Crippen LogP contribution is 2.39. The Morgan fingerprint density at radius 3 is 2.77 bits per heavy atom. The van der Waals surface area contributed by atoms with Gasteiger partial charge in [-0.05, 0) is 36.4 Å². The van der Waals surface area contributed by atoms with Crippen LogP contribution in [0.1, 0.15) is 20.7 Å². The number of carbonyl (C=O) groups is 2. The summed E-state index contributed by atoms with van der Waals surface area (Å²) in [5.74, 6) is -1.27. The Balaban J connectivity index is 1.64. The van der Waals surface area contributed by atoms with Crippen LogP contribution < -0.4 is 10.6 Å². The van der Waals surface area contributed by atoms with E-state index in [2.05, 4.69) is 15.6 Å². The van der Waals surface area contributed by atoms with Crippen molar-refractivity contribution in [3.05, 3.63) is 63.9 Å². The van der Waals surface area contributed by atoms with Crippen molar-refractivity contribution >= 4 is 57.3 Å². The summed E-state index contributed by atoms with van der Waals surface area (Å²) in [6.45, 7) is 0. The van der Waals surface area contributed by atoms with E-state index >= 15 is 0 Å². The van der Waals surface area contributed by atoms with Gasteiger partial charge in [0.15, 0.2) is 5.13 Å². The van der Waals surface area contributed by atoms with Gasteiger partial charge in [-0.25, -0.2) is 9.37 Å². The second-order valence-corrected chi connectivity index (χ2v) is 8.08. The fraction of sp³-hybridized carbons (Fsp3) is 0. The van der Waals surface area contributed by atoms with E-state index < -0.39 is 11.7 Å². The number of rotatable bonds is 2. The summed E-state index contributed by atoms with van der Waals surface area (Å²) in [7, 11) is 0. The van der Waals surface area contributed by atoms with E-state index in [0.717, 1.165) is 16.2 Å². The highest BCUT2D eigenvalue weighted by molar-refractivity contribution is 7.99. The molecule has 1 aliphatic rings. The van der Waals surface area contributed by atoms with Gasteiger partial charge < -0.3 is 5.32 Å². The van der Waals surface area contributed by atoms with Gasteiger partial charge in [0.05, 0.1) is 17.4 Å². The van der Waals surface area contributed by atoms with Gasteiger partial charge in [-0.15, -0.1) is 0 Å². The van der Waals surface area contributed by atoms with Gasteiger partial charge in [0.25, 0.3) is 11.8 Å². The Hall–Kier alpha value is -2.42. The first-order valence-corrected chi connectivity index (χ1v) is 9.36. The monoisotopic (exact) mass is 405 g/mol. The quantitative estimate of drug-likeness (QED) is 0.635. The van der Waals surface area contributed by atoms with Crippen LogP contribution in [0.3, 0.4) is 0 Å². The van der Waals surface area contributed by atoms with Gasteiger partial charge in [0.1, 0.15) is 10.2 Å². The smallest absolute Gasteiger partial charge is 0.257 e. The number of thiazole rings is 1. The number of nitrogens with zero attached hydrogens (tertiary/aromatic N) is 1. The Kier molecular flexibility index (Phi) is 4.39. The molecular formula is C17H9ClFN3O2S2. The molecule has 5 nitrogen and oxygen atoms in total. The maximum atomic E-state index is 13.5. The lowest BCUT2D eigenvalue weighted by Crippen LogP contribution is -2.14. The standard InChI is InChI=1S/C17H9ClFN3O2S2/c18-14-7-20-17(26-14)22-15(23)8-1-3-13-11(5-8)21-16(24)10-6-9(19)2-4-12(10)25-13/h1-7H,(H,21,24)(H,20,22,23). The number of amides is 2. The Morgan fingerprint density at radius 1 is 1.19 bits per heavy atom. The third-order valence-electron chi connectivity index (χ3n) is 3.59. The zero-order chi connectivity index (χ0) is 18.3. The molecule has 26 heavy (non-hydrogen) atoms. The minimum absolute atomic E-state index is 0.259. The van der Waals surface area contributed by atoms with E-state index in [9.17, 15) is 14.0 Å². The number of halogens is 2. The summed E-state index contributed by atoms with van der Waals surface area (Å²) in [6, 6.07) is 9.04. The molecule has 0 aliphatic carbocycles. The van der Waals surface area contributed by atoms with Crippen molar-refractivity contribution in [1.82, 2.24) is 4.98 Å². The van der Waals surface area contributed by atoms with Crippen LogP contribution in [-0.4, -0.2) is 16.8 Å². The number of carbonyl (C=O) groups excluding carboxylic acids is 2. The SMILES string of the molecule is O=C(Nc1ncc(Cl)s1)c1ccc2c(c1)NC(=O)c1cc(F)ccc1S2. The molecule has 1 aromatic heterocycles. The summed E-state index contributed by atoms with van der Waals surface area (Å²) >= 11 is 8.29. The number of hydrogen-bond donors (Lipinski definition) is 2. The summed E-state index contributed by atoms with van der Waals surface area (Å²) in [5.41, 5.74) is 1.10. The lowest BCUT2D eigenvalue weighted by molar-refractivity contribution is 0.101. The predicted molar refractivity (Wildman–Crippen MR) is 100.0 cm³/mol. The van der Waals surface area contributed by atoms with Gasteiger partial charge in [0.2, 0.25) is 0 Å². The molecule has 0 radical (unpaired) electrons. The van der Waals surface area contributed by atoms with Gasteiger partial charge in [-0.1, -0.05) is 34.7 Å². The van der Waals surface area contributed by atoms with E-state index in [1.54, 1.807) is 24.3 Å². The van der Waals surface area contributed by atoms with E-state index in [0.29, 0.717) is 25.6 Å². The van der Waals surface area contributed by atoms with Crippen LogP contribution in [-0.2, 0) is 0 Å². The Bertz CT molecular complexity index is 1050. The third-order valence-corrected chi connectivity index (χ3v) is 5.78. The van der Waals surface area contributed by atoms with Gasteiger partial charge in [-0.2, -0.15) is 0 Å². The largest absolute Gasteiger partial charge is 0.321 e. The van der Waals surface area contributed by atoms with Crippen LogP contribution in [0.5, 0.6) is 0 Å².